The van der Waals surface area contributed by atoms with E-state index in [-0.39, 0.29) is 5.82 Å². The van der Waals surface area contributed by atoms with Gasteiger partial charge < -0.3 is 15.1 Å². The molecule has 2 N–H and O–H groups in total. The fourth-order valence-corrected chi connectivity index (χ4v) is 2.02. The molecule has 0 amide bonds. The smallest absolute Gasteiger partial charge is 0.186 e. The predicted molar refractivity (Wildman–Crippen MR) is 65.7 cm³/mol. The molecule has 18 heavy (non-hydrogen) atoms. The van der Waals surface area contributed by atoms with Gasteiger partial charge in [-0.3, -0.25) is 4.90 Å². The second kappa shape index (κ2) is 5.06. The van der Waals surface area contributed by atoms with Gasteiger partial charge in [0.25, 0.3) is 0 Å². The third-order valence-corrected chi connectivity index (χ3v) is 3.15. The summed E-state index contributed by atoms with van der Waals surface area (Å²) in [4.78, 5) is 3.23. The Hall–Kier alpha value is -1.43. The molecule has 98 valence electrons. The summed E-state index contributed by atoms with van der Waals surface area (Å²) in [5.41, 5.74) is 1.32. The molecule has 1 aliphatic rings. The molecule has 1 aromatic carbocycles. The Kier molecular flexibility index (Phi) is 3.65. The van der Waals surface area contributed by atoms with Crippen LogP contribution >= 0.6 is 0 Å². The summed E-state index contributed by atoms with van der Waals surface area (Å²) in [6, 6.07) is 6.04. The second-order valence-electron chi connectivity index (χ2n) is 4.55. The molecule has 5 heteroatoms. The zero-order valence-corrected chi connectivity index (χ0v) is 10.3. The van der Waals surface area contributed by atoms with Gasteiger partial charge in [-0.05, 0) is 24.7 Å². The van der Waals surface area contributed by atoms with Crippen LogP contribution in [0.1, 0.15) is 5.56 Å². The summed E-state index contributed by atoms with van der Waals surface area (Å²) in [7, 11) is 1.72. The number of β-amino-alcohol motifs (C(OH)–C–C–N with tert-alkyl or cyclic N) is 1. The molecule has 0 bridgehead atoms. The largest absolute Gasteiger partial charge is 0.386 e. The number of benzene rings is 1. The van der Waals surface area contributed by atoms with Crippen molar-refractivity contribution in [3.8, 4) is 0 Å². The monoisotopic (exact) mass is 252 g/mol. The average Bonchev–Trinajstić information content (AvgIpc) is 2.34. The van der Waals surface area contributed by atoms with E-state index < -0.39 is 12.5 Å². The number of aliphatic hydroxyl groups is 2. The van der Waals surface area contributed by atoms with Crippen molar-refractivity contribution in [1.29, 1.82) is 0 Å². The van der Waals surface area contributed by atoms with Crippen molar-refractivity contribution >= 4 is 0 Å². The Labute approximate surface area is 106 Å². The van der Waals surface area contributed by atoms with Crippen LogP contribution in [-0.2, 0) is 6.54 Å². The number of halogens is 1. The number of nitrogens with zero attached hydrogens (tertiary/aromatic N) is 2. The maximum absolute atomic E-state index is 12.8. The SMILES string of the molecule is C=C1C(O)CN(C)C(O)N1Cc1ccc(F)cc1. The zero-order valence-electron chi connectivity index (χ0n) is 10.3. The lowest BCUT2D eigenvalue weighted by Crippen LogP contribution is -2.55. The zero-order chi connectivity index (χ0) is 13.3. The molecule has 1 heterocycles. The van der Waals surface area contributed by atoms with E-state index in [9.17, 15) is 14.6 Å². The topological polar surface area (TPSA) is 46.9 Å². The van der Waals surface area contributed by atoms with E-state index in [0.717, 1.165) is 5.56 Å². The third-order valence-electron chi connectivity index (χ3n) is 3.15. The van der Waals surface area contributed by atoms with Crippen molar-refractivity contribution in [2.45, 2.75) is 19.0 Å². The molecular formula is C13H17FN2O2. The normalized spacial score (nSPS) is 25.6. The van der Waals surface area contributed by atoms with Gasteiger partial charge >= 0.3 is 0 Å². The molecule has 1 saturated heterocycles. The van der Waals surface area contributed by atoms with Crippen molar-refractivity contribution in [1.82, 2.24) is 9.80 Å². The number of aliphatic hydroxyl groups excluding tert-OH is 2. The van der Waals surface area contributed by atoms with Gasteiger partial charge in [-0.2, -0.15) is 0 Å². The summed E-state index contributed by atoms with van der Waals surface area (Å²) in [5, 5.41) is 19.9. The van der Waals surface area contributed by atoms with Crippen molar-refractivity contribution < 1.29 is 14.6 Å². The first kappa shape index (κ1) is 13.0. The highest BCUT2D eigenvalue weighted by molar-refractivity contribution is 5.18. The predicted octanol–water partition coefficient (Wildman–Crippen LogP) is 0.724. The van der Waals surface area contributed by atoms with Crippen LogP contribution in [0, 0.1) is 5.82 Å². The number of hydrogen-bond donors (Lipinski definition) is 2. The molecule has 1 aromatic rings. The molecule has 0 aliphatic carbocycles. The number of likely N-dealkylation sites (N-methyl/N-ethyl adjacent to an activating group) is 1. The van der Waals surface area contributed by atoms with Crippen LogP contribution in [-0.4, -0.2) is 46.1 Å². The van der Waals surface area contributed by atoms with Gasteiger partial charge in [0.15, 0.2) is 6.35 Å². The van der Waals surface area contributed by atoms with Gasteiger partial charge in [-0.25, -0.2) is 4.39 Å². The summed E-state index contributed by atoms with van der Waals surface area (Å²) >= 11 is 0. The highest BCUT2D eigenvalue weighted by Gasteiger charge is 2.32. The Morgan fingerprint density at radius 2 is 1.94 bits per heavy atom. The van der Waals surface area contributed by atoms with Gasteiger partial charge in [0.05, 0.1) is 0 Å². The van der Waals surface area contributed by atoms with E-state index in [1.165, 1.54) is 12.1 Å². The Balaban J connectivity index is 2.15. The quantitative estimate of drug-likeness (QED) is 0.814. The second-order valence-corrected chi connectivity index (χ2v) is 4.55. The minimum atomic E-state index is -0.828. The maximum atomic E-state index is 12.8. The van der Waals surface area contributed by atoms with E-state index in [1.807, 2.05) is 0 Å². The highest BCUT2D eigenvalue weighted by Crippen LogP contribution is 2.22. The van der Waals surface area contributed by atoms with Crippen LogP contribution in [0.15, 0.2) is 36.5 Å². The molecule has 1 aliphatic heterocycles. The minimum Gasteiger partial charge on any atom is -0.386 e. The van der Waals surface area contributed by atoms with E-state index in [0.29, 0.717) is 18.8 Å². The first-order chi connectivity index (χ1) is 8.49. The first-order valence-corrected chi connectivity index (χ1v) is 5.75. The molecular weight excluding hydrogens is 235 g/mol. The number of rotatable bonds is 2. The summed E-state index contributed by atoms with van der Waals surface area (Å²) in [6.07, 6.45) is -1.52. The van der Waals surface area contributed by atoms with E-state index >= 15 is 0 Å². The van der Waals surface area contributed by atoms with Crippen LogP contribution in [0.3, 0.4) is 0 Å². The van der Waals surface area contributed by atoms with Gasteiger partial charge in [0, 0.05) is 18.8 Å². The standard InChI is InChI=1S/C13H17FN2O2/c1-9-12(17)8-15(2)13(18)16(9)7-10-3-5-11(14)6-4-10/h3-6,12-13,17-18H,1,7-8H2,2H3. The highest BCUT2D eigenvalue weighted by atomic mass is 19.1. The van der Waals surface area contributed by atoms with E-state index in [2.05, 4.69) is 6.58 Å². The Morgan fingerprint density at radius 1 is 1.33 bits per heavy atom. The number of hydrogen-bond acceptors (Lipinski definition) is 4. The third kappa shape index (κ3) is 2.53. The summed E-state index contributed by atoms with van der Waals surface area (Å²) in [5.74, 6) is -0.297. The fourth-order valence-electron chi connectivity index (χ4n) is 2.02. The van der Waals surface area contributed by atoms with Crippen molar-refractivity contribution in [2.24, 2.45) is 0 Å². The minimum absolute atomic E-state index is 0.297. The summed E-state index contributed by atoms with van der Waals surface area (Å²) in [6.45, 7) is 4.51. The lowest BCUT2D eigenvalue weighted by molar-refractivity contribution is -0.132. The molecule has 4 nitrogen and oxygen atoms in total. The molecule has 1 fully saturated rings. The van der Waals surface area contributed by atoms with E-state index in [4.69, 9.17) is 0 Å². The van der Waals surface area contributed by atoms with Crippen LogP contribution in [0.25, 0.3) is 0 Å². The first-order valence-electron chi connectivity index (χ1n) is 5.75. The Bertz CT molecular complexity index is 435. The van der Waals surface area contributed by atoms with Crippen molar-refractivity contribution in [3.63, 3.8) is 0 Å². The van der Waals surface area contributed by atoms with Gasteiger partial charge in [-0.1, -0.05) is 18.7 Å². The lowest BCUT2D eigenvalue weighted by atomic mass is 10.1. The van der Waals surface area contributed by atoms with E-state index in [1.54, 1.807) is 29.0 Å². The molecule has 0 spiro atoms. The van der Waals surface area contributed by atoms with Gasteiger partial charge in [-0.15, -0.1) is 0 Å². The van der Waals surface area contributed by atoms with Crippen molar-refractivity contribution in [2.75, 3.05) is 13.6 Å². The van der Waals surface area contributed by atoms with Crippen LogP contribution in [0.2, 0.25) is 0 Å². The molecule has 2 rings (SSSR count). The summed E-state index contributed by atoms with van der Waals surface area (Å²) < 4.78 is 12.8. The maximum Gasteiger partial charge on any atom is 0.186 e. The molecule has 2 atom stereocenters. The fraction of sp³-hybridized carbons (Fsp3) is 0.385. The van der Waals surface area contributed by atoms with Crippen LogP contribution < -0.4 is 0 Å². The molecule has 0 saturated carbocycles. The molecule has 0 aromatic heterocycles. The Morgan fingerprint density at radius 3 is 2.56 bits per heavy atom. The molecule has 0 radical (unpaired) electrons. The lowest BCUT2D eigenvalue weighted by Gasteiger charge is -2.43. The van der Waals surface area contributed by atoms with Gasteiger partial charge in [0.1, 0.15) is 11.9 Å². The van der Waals surface area contributed by atoms with Gasteiger partial charge in [0.2, 0.25) is 0 Å². The van der Waals surface area contributed by atoms with Crippen molar-refractivity contribution in [3.05, 3.63) is 47.9 Å². The van der Waals surface area contributed by atoms with Crippen LogP contribution in [0.5, 0.6) is 0 Å². The molecule has 2 unspecified atom stereocenters. The van der Waals surface area contributed by atoms with Crippen LogP contribution in [0.4, 0.5) is 4.39 Å². The average molecular weight is 252 g/mol.